The summed E-state index contributed by atoms with van der Waals surface area (Å²) in [7, 11) is 0. The summed E-state index contributed by atoms with van der Waals surface area (Å²) < 4.78 is 28.7. The van der Waals surface area contributed by atoms with Crippen molar-refractivity contribution in [3.8, 4) is 0 Å². The van der Waals surface area contributed by atoms with Gasteiger partial charge >= 0.3 is 0 Å². The lowest BCUT2D eigenvalue weighted by Crippen LogP contribution is -2.18. The lowest BCUT2D eigenvalue weighted by atomic mass is 10.4. The van der Waals surface area contributed by atoms with Crippen LogP contribution >= 0.6 is 34.8 Å². The van der Waals surface area contributed by atoms with Gasteiger partial charge in [-0.05, 0) is 6.42 Å². The van der Waals surface area contributed by atoms with E-state index < -0.39 is 15.3 Å². The standard InChI is InChI=1S/C7H9Cl3F2O/c1-2-3-4-13-7(12)5(8,9)6(7,10)11/h2-4H2,1H3/t6-,7+/m0/s1. The van der Waals surface area contributed by atoms with Gasteiger partial charge < -0.3 is 4.74 Å². The molecule has 0 bridgehead atoms. The summed E-state index contributed by atoms with van der Waals surface area (Å²) in [5.74, 6) is -2.78. The number of ether oxygens (including phenoxy) is 1. The van der Waals surface area contributed by atoms with Crippen molar-refractivity contribution in [3.63, 3.8) is 0 Å². The molecule has 0 aliphatic heterocycles. The molecule has 0 N–H and O–H groups in total. The van der Waals surface area contributed by atoms with Crippen molar-refractivity contribution in [3.05, 3.63) is 0 Å². The van der Waals surface area contributed by atoms with E-state index in [0.717, 1.165) is 6.42 Å². The van der Waals surface area contributed by atoms with Crippen molar-refractivity contribution in [2.75, 3.05) is 6.61 Å². The van der Waals surface area contributed by atoms with E-state index in [-0.39, 0.29) is 6.61 Å². The van der Waals surface area contributed by atoms with Crippen LogP contribution in [0.25, 0.3) is 0 Å². The molecule has 0 unspecified atom stereocenters. The summed E-state index contributed by atoms with van der Waals surface area (Å²) in [6.45, 7) is 1.94. The maximum absolute atomic E-state index is 13.4. The van der Waals surface area contributed by atoms with Gasteiger partial charge in [0.25, 0.3) is 11.0 Å². The van der Waals surface area contributed by atoms with Gasteiger partial charge in [-0.2, -0.15) is 0 Å². The molecule has 0 spiro atoms. The second-order valence-corrected chi connectivity index (χ2v) is 4.79. The van der Waals surface area contributed by atoms with Crippen LogP contribution in [0.2, 0.25) is 0 Å². The lowest BCUT2D eigenvalue weighted by molar-refractivity contribution is -0.0877. The van der Waals surface area contributed by atoms with Gasteiger partial charge in [-0.1, -0.05) is 48.1 Å². The van der Waals surface area contributed by atoms with Crippen LogP contribution in [0.15, 0.2) is 0 Å². The van der Waals surface area contributed by atoms with Crippen LogP contribution in [-0.2, 0) is 4.74 Å². The predicted molar refractivity (Wildman–Crippen MR) is 48.8 cm³/mol. The fourth-order valence-corrected chi connectivity index (χ4v) is 1.79. The summed E-state index contributed by atoms with van der Waals surface area (Å²) in [6.07, 6.45) is 1.40. The first-order chi connectivity index (χ1) is 5.81. The van der Waals surface area contributed by atoms with E-state index in [4.69, 9.17) is 34.8 Å². The van der Waals surface area contributed by atoms with Crippen LogP contribution in [0, 0.1) is 0 Å². The van der Waals surface area contributed by atoms with Crippen molar-refractivity contribution >= 4 is 34.8 Å². The molecule has 1 rings (SSSR count). The van der Waals surface area contributed by atoms with Crippen molar-refractivity contribution in [2.45, 2.75) is 35.1 Å². The van der Waals surface area contributed by atoms with Crippen LogP contribution in [0.5, 0.6) is 0 Å². The summed E-state index contributed by atoms with van der Waals surface area (Å²) in [4.78, 5) is 0. The fraction of sp³-hybridized carbons (Fsp3) is 1.00. The van der Waals surface area contributed by atoms with Crippen molar-refractivity contribution in [2.24, 2.45) is 0 Å². The first-order valence-corrected chi connectivity index (χ1v) is 5.03. The maximum atomic E-state index is 13.4. The van der Waals surface area contributed by atoms with Gasteiger partial charge in [-0.15, -0.1) is 0 Å². The third kappa shape index (κ3) is 1.44. The lowest BCUT2D eigenvalue weighted by Gasteiger charge is -2.07. The Bertz CT molecular complexity index is 194. The number of rotatable bonds is 4. The Morgan fingerprint density at radius 3 is 2.00 bits per heavy atom. The average Bonchev–Trinajstić information content (AvgIpc) is 2.30. The number of unbranched alkanes of at least 4 members (excludes halogenated alkanes) is 1. The summed E-state index contributed by atoms with van der Waals surface area (Å²) in [5.41, 5.74) is 0. The molecule has 1 nitrogen and oxygen atoms in total. The Morgan fingerprint density at radius 2 is 1.69 bits per heavy atom. The second-order valence-electron chi connectivity index (χ2n) is 2.95. The number of halogens is 5. The van der Waals surface area contributed by atoms with Gasteiger partial charge in [0, 0.05) is 0 Å². The normalized spacial score (nSPS) is 42.0. The molecular weight excluding hydrogens is 244 g/mol. The maximum Gasteiger partial charge on any atom is 0.299 e. The molecule has 0 aromatic rings. The minimum atomic E-state index is -2.84. The quantitative estimate of drug-likeness (QED) is 0.550. The van der Waals surface area contributed by atoms with E-state index in [2.05, 4.69) is 4.74 Å². The zero-order valence-corrected chi connectivity index (χ0v) is 9.19. The number of alkyl halides is 5. The summed E-state index contributed by atoms with van der Waals surface area (Å²) in [6, 6.07) is 0. The highest BCUT2D eigenvalue weighted by molar-refractivity contribution is 6.59. The monoisotopic (exact) mass is 252 g/mol. The van der Waals surface area contributed by atoms with Crippen LogP contribution in [0.3, 0.4) is 0 Å². The highest BCUT2D eigenvalue weighted by atomic mass is 35.5. The molecule has 1 saturated carbocycles. The van der Waals surface area contributed by atoms with E-state index in [1.165, 1.54) is 0 Å². The molecule has 1 aliphatic rings. The molecule has 1 fully saturated rings. The molecule has 1 aliphatic carbocycles. The highest BCUT2D eigenvalue weighted by Crippen LogP contribution is 2.72. The molecular formula is C7H9Cl3F2O. The second kappa shape index (κ2) is 3.37. The molecule has 2 atom stereocenters. The van der Waals surface area contributed by atoms with Crippen molar-refractivity contribution in [1.82, 2.24) is 0 Å². The Balaban J connectivity index is 2.51. The first-order valence-electron chi connectivity index (χ1n) is 3.89. The topological polar surface area (TPSA) is 9.23 Å². The number of hydrogen-bond donors (Lipinski definition) is 0. The van der Waals surface area contributed by atoms with Crippen LogP contribution in [0.1, 0.15) is 19.8 Å². The zero-order chi connectivity index (χ0) is 10.3. The predicted octanol–water partition coefficient (Wildman–Crippen LogP) is 3.56. The van der Waals surface area contributed by atoms with Crippen molar-refractivity contribution < 1.29 is 13.5 Å². The molecule has 0 aromatic carbocycles. The third-order valence-corrected chi connectivity index (χ3v) is 3.67. The van der Waals surface area contributed by atoms with Crippen LogP contribution in [0.4, 0.5) is 8.78 Å². The Kier molecular flexibility index (Phi) is 3.05. The van der Waals surface area contributed by atoms with Gasteiger partial charge in [0.1, 0.15) is 0 Å². The average molecular weight is 254 g/mol. The minimum Gasteiger partial charge on any atom is -0.340 e. The number of hydrogen-bond acceptors (Lipinski definition) is 1. The van der Waals surface area contributed by atoms with Gasteiger partial charge in [0.15, 0.2) is 0 Å². The molecule has 0 radical (unpaired) electrons. The Morgan fingerprint density at radius 1 is 1.23 bits per heavy atom. The molecule has 0 aromatic heterocycles. The smallest absolute Gasteiger partial charge is 0.299 e. The summed E-state index contributed by atoms with van der Waals surface area (Å²) >= 11 is 15.6. The van der Waals surface area contributed by atoms with Gasteiger partial charge in [-0.25, -0.2) is 8.78 Å². The van der Waals surface area contributed by atoms with E-state index in [0.29, 0.717) is 6.42 Å². The van der Waals surface area contributed by atoms with Crippen LogP contribution in [-0.4, -0.2) is 21.9 Å². The molecule has 0 saturated heterocycles. The van der Waals surface area contributed by atoms with Gasteiger partial charge in [-0.3, -0.25) is 0 Å². The van der Waals surface area contributed by atoms with Gasteiger partial charge in [0.05, 0.1) is 6.61 Å². The van der Waals surface area contributed by atoms with E-state index >= 15 is 0 Å². The largest absolute Gasteiger partial charge is 0.340 e. The van der Waals surface area contributed by atoms with Crippen molar-refractivity contribution in [1.29, 1.82) is 0 Å². The Labute approximate surface area is 90.3 Å². The van der Waals surface area contributed by atoms with E-state index in [1.807, 2.05) is 6.92 Å². The zero-order valence-electron chi connectivity index (χ0n) is 6.92. The third-order valence-electron chi connectivity index (χ3n) is 1.94. The minimum absolute atomic E-state index is 0.0482. The first kappa shape index (κ1) is 11.8. The fourth-order valence-electron chi connectivity index (χ4n) is 0.902. The molecule has 78 valence electrons. The van der Waals surface area contributed by atoms with E-state index in [9.17, 15) is 8.78 Å². The Hall–Kier alpha value is 0.690. The SMILES string of the molecule is CCCCO[C@]1(F)C(Cl)(Cl)[C@@]1(F)Cl. The van der Waals surface area contributed by atoms with E-state index in [1.54, 1.807) is 0 Å². The highest BCUT2D eigenvalue weighted by Gasteiger charge is 2.94. The molecule has 6 heteroatoms. The molecule has 0 heterocycles. The molecule has 13 heavy (non-hydrogen) atoms. The summed E-state index contributed by atoms with van der Waals surface area (Å²) in [5, 5.41) is -2.84. The molecule has 0 amide bonds. The van der Waals surface area contributed by atoms with Gasteiger partial charge in [0.2, 0.25) is 4.33 Å². The van der Waals surface area contributed by atoms with Crippen LogP contribution < -0.4 is 0 Å².